The van der Waals surface area contributed by atoms with Crippen molar-refractivity contribution >= 4 is 5.91 Å². The molecule has 1 saturated heterocycles. The number of morpholine rings is 1. The highest BCUT2D eigenvalue weighted by molar-refractivity contribution is 5.81. The third kappa shape index (κ3) is 4.11. The molecular formula is C16H23NO4. The standard InChI is InChI=1S/C16H23NO4/c1-11-9-17(10-12(2)20-11)16(18)13(3)21-15-7-5-14(19-4)6-8-15/h5-8,11-13H,9-10H2,1-4H3/t11-,12-,13+/m0/s1. The third-order valence-electron chi connectivity index (χ3n) is 3.45. The van der Waals surface area contributed by atoms with Crippen molar-refractivity contribution in [2.75, 3.05) is 20.2 Å². The quantitative estimate of drug-likeness (QED) is 0.853. The van der Waals surface area contributed by atoms with E-state index in [1.165, 1.54) is 0 Å². The van der Waals surface area contributed by atoms with Crippen LogP contribution in [0.5, 0.6) is 11.5 Å². The Kier molecular flexibility index (Phi) is 5.07. The Bertz CT molecular complexity index is 464. The summed E-state index contributed by atoms with van der Waals surface area (Å²) in [5, 5.41) is 0. The molecule has 1 amide bonds. The number of hydrogen-bond acceptors (Lipinski definition) is 4. The molecule has 0 aromatic heterocycles. The Balaban J connectivity index is 1.95. The van der Waals surface area contributed by atoms with E-state index in [-0.39, 0.29) is 18.1 Å². The van der Waals surface area contributed by atoms with E-state index in [0.29, 0.717) is 18.8 Å². The fourth-order valence-corrected chi connectivity index (χ4v) is 2.52. The zero-order valence-corrected chi connectivity index (χ0v) is 13.0. The first kappa shape index (κ1) is 15.6. The van der Waals surface area contributed by atoms with Crippen LogP contribution in [-0.2, 0) is 9.53 Å². The van der Waals surface area contributed by atoms with Crippen molar-refractivity contribution in [1.82, 2.24) is 4.90 Å². The van der Waals surface area contributed by atoms with Crippen molar-refractivity contribution in [2.45, 2.75) is 39.1 Å². The molecule has 0 saturated carbocycles. The lowest BCUT2D eigenvalue weighted by Crippen LogP contribution is -2.51. The second-order valence-corrected chi connectivity index (χ2v) is 5.44. The van der Waals surface area contributed by atoms with Gasteiger partial charge >= 0.3 is 0 Å². The van der Waals surface area contributed by atoms with Gasteiger partial charge in [0.15, 0.2) is 6.10 Å². The van der Waals surface area contributed by atoms with Gasteiger partial charge in [0.25, 0.3) is 5.91 Å². The molecule has 0 unspecified atom stereocenters. The molecule has 1 aromatic rings. The summed E-state index contributed by atoms with van der Waals surface area (Å²) in [5.74, 6) is 1.41. The van der Waals surface area contributed by atoms with Crippen LogP contribution in [0.1, 0.15) is 20.8 Å². The third-order valence-corrected chi connectivity index (χ3v) is 3.45. The normalized spacial score (nSPS) is 23.5. The average molecular weight is 293 g/mol. The zero-order valence-electron chi connectivity index (χ0n) is 13.0. The van der Waals surface area contributed by atoms with E-state index in [1.807, 2.05) is 30.9 Å². The summed E-state index contributed by atoms with van der Waals surface area (Å²) in [4.78, 5) is 14.2. The predicted molar refractivity (Wildman–Crippen MR) is 79.7 cm³/mol. The van der Waals surface area contributed by atoms with E-state index >= 15 is 0 Å². The molecule has 0 bridgehead atoms. The number of nitrogens with zero attached hydrogens (tertiary/aromatic N) is 1. The van der Waals surface area contributed by atoms with Crippen LogP contribution in [0, 0.1) is 0 Å². The van der Waals surface area contributed by atoms with Gasteiger partial charge in [0.2, 0.25) is 0 Å². The van der Waals surface area contributed by atoms with Gasteiger partial charge in [-0.3, -0.25) is 4.79 Å². The fraction of sp³-hybridized carbons (Fsp3) is 0.562. The summed E-state index contributed by atoms with van der Waals surface area (Å²) < 4.78 is 16.4. The number of benzene rings is 1. The number of methoxy groups -OCH3 is 1. The van der Waals surface area contributed by atoms with Crippen LogP contribution in [0.4, 0.5) is 0 Å². The highest BCUT2D eigenvalue weighted by Gasteiger charge is 2.29. The molecule has 1 fully saturated rings. The van der Waals surface area contributed by atoms with E-state index in [9.17, 15) is 4.79 Å². The maximum absolute atomic E-state index is 12.4. The molecule has 1 aromatic carbocycles. The Morgan fingerprint density at radius 3 is 2.24 bits per heavy atom. The number of amides is 1. The van der Waals surface area contributed by atoms with Crippen LogP contribution < -0.4 is 9.47 Å². The summed E-state index contributed by atoms with van der Waals surface area (Å²) in [5.41, 5.74) is 0. The molecule has 1 aliphatic rings. The number of rotatable bonds is 4. The molecule has 21 heavy (non-hydrogen) atoms. The lowest BCUT2D eigenvalue weighted by Gasteiger charge is -2.36. The Morgan fingerprint density at radius 2 is 1.71 bits per heavy atom. The second kappa shape index (κ2) is 6.80. The van der Waals surface area contributed by atoms with Gasteiger partial charge in [-0.05, 0) is 45.0 Å². The van der Waals surface area contributed by atoms with E-state index in [0.717, 1.165) is 5.75 Å². The summed E-state index contributed by atoms with van der Waals surface area (Å²) in [6.45, 7) is 6.95. The fourth-order valence-electron chi connectivity index (χ4n) is 2.52. The van der Waals surface area contributed by atoms with Gasteiger partial charge in [-0.25, -0.2) is 0 Å². The maximum atomic E-state index is 12.4. The minimum atomic E-state index is -0.518. The van der Waals surface area contributed by atoms with Gasteiger partial charge < -0.3 is 19.1 Å². The maximum Gasteiger partial charge on any atom is 0.263 e. The Hall–Kier alpha value is -1.75. The molecule has 0 spiro atoms. The molecule has 0 aliphatic carbocycles. The van der Waals surface area contributed by atoms with Crippen molar-refractivity contribution < 1.29 is 19.0 Å². The highest BCUT2D eigenvalue weighted by atomic mass is 16.5. The molecule has 1 heterocycles. The molecule has 0 radical (unpaired) electrons. The minimum absolute atomic E-state index is 0.00665. The minimum Gasteiger partial charge on any atom is -0.497 e. The van der Waals surface area contributed by atoms with Gasteiger partial charge in [-0.15, -0.1) is 0 Å². The highest BCUT2D eigenvalue weighted by Crippen LogP contribution is 2.19. The van der Waals surface area contributed by atoms with Crippen molar-refractivity contribution in [1.29, 1.82) is 0 Å². The Morgan fingerprint density at radius 1 is 1.19 bits per heavy atom. The van der Waals surface area contributed by atoms with E-state index < -0.39 is 6.10 Å². The van der Waals surface area contributed by atoms with Crippen molar-refractivity contribution in [3.63, 3.8) is 0 Å². The van der Waals surface area contributed by atoms with Crippen LogP contribution in [0.3, 0.4) is 0 Å². The molecule has 5 heteroatoms. The van der Waals surface area contributed by atoms with Crippen molar-refractivity contribution in [3.05, 3.63) is 24.3 Å². The molecular weight excluding hydrogens is 270 g/mol. The summed E-state index contributed by atoms with van der Waals surface area (Å²) in [6, 6.07) is 7.22. The lowest BCUT2D eigenvalue weighted by atomic mass is 10.2. The van der Waals surface area contributed by atoms with Crippen LogP contribution in [-0.4, -0.2) is 49.3 Å². The molecule has 3 atom stereocenters. The number of ether oxygens (including phenoxy) is 3. The Labute approximate surface area is 125 Å². The molecule has 116 valence electrons. The van der Waals surface area contributed by atoms with E-state index in [2.05, 4.69) is 0 Å². The zero-order chi connectivity index (χ0) is 15.4. The first-order valence-corrected chi connectivity index (χ1v) is 7.24. The van der Waals surface area contributed by atoms with Crippen LogP contribution in [0.2, 0.25) is 0 Å². The summed E-state index contributed by atoms with van der Waals surface area (Å²) in [7, 11) is 1.61. The predicted octanol–water partition coefficient (Wildman–Crippen LogP) is 2.10. The van der Waals surface area contributed by atoms with Crippen LogP contribution >= 0.6 is 0 Å². The second-order valence-electron chi connectivity index (χ2n) is 5.44. The van der Waals surface area contributed by atoms with Gasteiger partial charge in [-0.1, -0.05) is 0 Å². The average Bonchev–Trinajstić information content (AvgIpc) is 2.46. The summed E-state index contributed by atoms with van der Waals surface area (Å²) in [6.07, 6.45) is -0.396. The number of hydrogen-bond donors (Lipinski definition) is 0. The lowest BCUT2D eigenvalue weighted by molar-refractivity contribution is -0.149. The van der Waals surface area contributed by atoms with Gasteiger partial charge in [0.1, 0.15) is 11.5 Å². The smallest absolute Gasteiger partial charge is 0.263 e. The van der Waals surface area contributed by atoms with Crippen molar-refractivity contribution in [2.24, 2.45) is 0 Å². The monoisotopic (exact) mass is 293 g/mol. The van der Waals surface area contributed by atoms with Crippen LogP contribution in [0.15, 0.2) is 24.3 Å². The van der Waals surface area contributed by atoms with Crippen molar-refractivity contribution in [3.8, 4) is 11.5 Å². The molecule has 1 aliphatic heterocycles. The SMILES string of the molecule is COc1ccc(O[C@H](C)C(=O)N2C[C@H](C)O[C@@H](C)C2)cc1. The molecule has 5 nitrogen and oxygen atoms in total. The number of carbonyl (C=O) groups is 1. The van der Waals surface area contributed by atoms with E-state index in [4.69, 9.17) is 14.2 Å². The molecule has 0 N–H and O–H groups in total. The van der Waals surface area contributed by atoms with Gasteiger partial charge in [0, 0.05) is 13.1 Å². The van der Waals surface area contributed by atoms with E-state index in [1.54, 1.807) is 26.2 Å². The number of carbonyl (C=O) groups excluding carboxylic acids is 1. The van der Waals surface area contributed by atoms with Gasteiger partial charge in [0.05, 0.1) is 19.3 Å². The topological polar surface area (TPSA) is 48.0 Å². The first-order chi connectivity index (χ1) is 9.99. The first-order valence-electron chi connectivity index (χ1n) is 7.24. The van der Waals surface area contributed by atoms with Gasteiger partial charge in [-0.2, -0.15) is 0 Å². The largest absolute Gasteiger partial charge is 0.497 e. The summed E-state index contributed by atoms with van der Waals surface area (Å²) >= 11 is 0. The molecule has 2 rings (SSSR count). The van der Waals surface area contributed by atoms with Crippen LogP contribution in [0.25, 0.3) is 0 Å².